The first-order chi connectivity index (χ1) is 12.3. The molecular weight excluding hydrogens is 311 g/mol. The van der Waals surface area contributed by atoms with Crippen molar-refractivity contribution in [1.82, 2.24) is 0 Å². The molecule has 0 unspecified atom stereocenters. The maximum absolute atomic E-state index is 13.0. The van der Waals surface area contributed by atoms with E-state index in [1.807, 2.05) is 18.2 Å². The molecule has 130 valence electrons. The van der Waals surface area contributed by atoms with Gasteiger partial charge in [0, 0.05) is 5.92 Å². The third-order valence-corrected chi connectivity index (χ3v) is 5.12. The van der Waals surface area contributed by atoms with Crippen LogP contribution in [0.4, 0.5) is 4.39 Å². The van der Waals surface area contributed by atoms with Crippen molar-refractivity contribution in [2.75, 3.05) is 0 Å². The van der Waals surface area contributed by atoms with E-state index in [4.69, 9.17) is 0 Å². The maximum Gasteiger partial charge on any atom is 0.123 e. The van der Waals surface area contributed by atoms with E-state index in [0.717, 1.165) is 22.8 Å². The van der Waals surface area contributed by atoms with E-state index in [-0.39, 0.29) is 5.82 Å². The first-order valence-corrected chi connectivity index (χ1v) is 9.18. The van der Waals surface area contributed by atoms with E-state index >= 15 is 0 Å². The van der Waals surface area contributed by atoms with Crippen molar-refractivity contribution < 1.29 is 4.39 Å². The summed E-state index contributed by atoms with van der Waals surface area (Å²) in [5, 5.41) is 8.88. The van der Waals surface area contributed by atoms with Gasteiger partial charge in [0.15, 0.2) is 0 Å². The van der Waals surface area contributed by atoms with E-state index in [2.05, 4.69) is 29.3 Å². The molecule has 0 bridgehead atoms. The monoisotopic (exact) mass is 336 g/mol. The van der Waals surface area contributed by atoms with Gasteiger partial charge in [0.1, 0.15) is 5.82 Å². The zero-order valence-corrected chi connectivity index (χ0v) is 14.7. The predicted octanol–water partition coefficient (Wildman–Crippen LogP) is 5.87. The summed E-state index contributed by atoms with van der Waals surface area (Å²) in [6.07, 6.45) is 7.87. The Morgan fingerprint density at radius 2 is 1.68 bits per heavy atom. The Bertz CT molecular complexity index is 711. The van der Waals surface area contributed by atoms with Crippen LogP contribution in [0.2, 0.25) is 0 Å². The second-order valence-corrected chi connectivity index (χ2v) is 6.77. The second-order valence-electron chi connectivity index (χ2n) is 6.77. The molecular formula is C22H25FN2. The van der Waals surface area contributed by atoms with E-state index in [1.54, 1.807) is 18.3 Å². The molecule has 3 heteroatoms. The molecule has 25 heavy (non-hydrogen) atoms. The number of nitrogens with zero attached hydrogens (tertiary/aromatic N) is 2. The lowest BCUT2D eigenvalue weighted by Crippen LogP contribution is -2.22. The molecule has 0 radical (unpaired) electrons. The smallest absolute Gasteiger partial charge is 0.123 e. The van der Waals surface area contributed by atoms with Crippen LogP contribution in [0.5, 0.6) is 0 Å². The van der Waals surface area contributed by atoms with Gasteiger partial charge in [-0.15, -0.1) is 0 Å². The van der Waals surface area contributed by atoms with Crippen molar-refractivity contribution in [3.05, 3.63) is 71.5 Å². The van der Waals surface area contributed by atoms with Crippen molar-refractivity contribution in [1.29, 1.82) is 0 Å². The van der Waals surface area contributed by atoms with Crippen LogP contribution >= 0.6 is 0 Å². The lowest BCUT2D eigenvalue weighted by atomic mass is 9.77. The lowest BCUT2D eigenvalue weighted by molar-refractivity contribution is 0.315. The highest BCUT2D eigenvalue weighted by Crippen LogP contribution is 2.33. The van der Waals surface area contributed by atoms with Gasteiger partial charge in [0.05, 0.1) is 11.9 Å². The van der Waals surface area contributed by atoms with Crippen LogP contribution in [0.3, 0.4) is 0 Å². The van der Waals surface area contributed by atoms with Gasteiger partial charge < -0.3 is 0 Å². The summed E-state index contributed by atoms with van der Waals surface area (Å²) in [4.78, 5) is 0. The molecule has 2 aromatic rings. The molecule has 0 heterocycles. The molecule has 0 atom stereocenters. The zero-order valence-electron chi connectivity index (χ0n) is 14.7. The fourth-order valence-electron chi connectivity index (χ4n) is 3.53. The van der Waals surface area contributed by atoms with Gasteiger partial charge in [-0.25, -0.2) is 4.39 Å². The molecule has 0 amide bonds. The highest BCUT2D eigenvalue weighted by atomic mass is 19.1. The van der Waals surface area contributed by atoms with Crippen LogP contribution < -0.4 is 0 Å². The van der Waals surface area contributed by atoms with Crippen LogP contribution in [0, 0.1) is 17.7 Å². The number of hydrogen-bond acceptors (Lipinski definition) is 2. The first-order valence-electron chi connectivity index (χ1n) is 9.18. The summed E-state index contributed by atoms with van der Waals surface area (Å²) < 4.78 is 13.0. The van der Waals surface area contributed by atoms with Crippen LogP contribution in [0.15, 0.2) is 64.8 Å². The molecule has 0 aromatic heterocycles. The molecule has 0 N–H and O–H groups in total. The van der Waals surface area contributed by atoms with Crippen LogP contribution in [-0.4, -0.2) is 11.9 Å². The van der Waals surface area contributed by atoms with Gasteiger partial charge in [-0.3, -0.25) is 0 Å². The third kappa shape index (κ3) is 4.85. The minimum absolute atomic E-state index is 0.238. The summed E-state index contributed by atoms with van der Waals surface area (Å²) in [5.74, 6) is 1.09. The van der Waals surface area contributed by atoms with Crippen molar-refractivity contribution in [2.24, 2.45) is 22.0 Å². The largest absolute Gasteiger partial charge is 0.207 e. The Kier molecular flexibility index (Phi) is 6.10. The van der Waals surface area contributed by atoms with Crippen molar-refractivity contribution in [2.45, 2.75) is 39.0 Å². The molecule has 1 aliphatic carbocycles. The minimum atomic E-state index is -0.238. The fourth-order valence-corrected chi connectivity index (χ4v) is 3.53. The SMILES string of the molecule is CCC1CCC(C(=NN=Cc2ccc(F)cc2)c2ccccc2)CC1. The number of hydrogen-bond donors (Lipinski definition) is 0. The molecule has 1 saturated carbocycles. The molecule has 0 saturated heterocycles. The van der Waals surface area contributed by atoms with Gasteiger partial charge in [-0.2, -0.15) is 10.2 Å². The van der Waals surface area contributed by atoms with E-state index in [0.29, 0.717) is 5.92 Å². The second kappa shape index (κ2) is 8.70. The number of benzene rings is 2. The predicted molar refractivity (Wildman–Crippen MR) is 103 cm³/mol. The Morgan fingerprint density at radius 1 is 1.00 bits per heavy atom. The van der Waals surface area contributed by atoms with Crippen LogP contribution in [-0.2, 0) is 0 Å². The summed E-state index contributed by atoms with van der Waals surface area (Å²) >= 11 is 0. The number of rotatable bonds is 5. The Balaban J connectivity index is 1.80. The molecule has 2 nitrogen and oxygen atoms in total. The zero-order chi connectivity index (χ0) is 17.5. The first kappa shape index (κ1) is 17.5. The maximum atomic E-state index is 13.0. The van der Waals surface area contributed by atoms with Gasteiger partial charge in [-0.1, -0.05) is 55.8 Å². The van der Waals surface area contributed by atoms with Crippen molar-refractivity contribution in [3.8, 4) is 0 Å². The van der Waals surface area contributed by atoms with Gasteiger partial charge >= 0.3 is 0 Å². The Labute approximate surface area is 149 Å². The Morgan fingerprint density at radius 3 is 2.32 bits per heavy atom. The molecule has 1 fully saturated rings. The number of halogens is 1. The van der Waals surface area contributed by atoms with Gasteiger partial charge in [-0.05, 0) is 54.9 Å². The summed E-state index contributed by atoms with van der Waals surface area (Å²) in [5.41, 5.74) is 3.08. The minimum Gasteiger partial charge on any atom is -0.207 e. The third-order valence-electron chi connectivity index (χ3n) is 5.12. The highest BCUT2D eigenvalue weighted by Gasteiger charge is 2.24. The van der Waals surface area contributed by atoms with Gasteiger partial charge in [0.25, 0.3) is 0 Å². The molecule has 1 aliphatic rings. The standard InChI is InChI=1S/C22H25FN2/c1-2-17-8-12-20(13-9-17)22(19-6-4-3-5-7-19)25-24-16-18-10-14-21(23)15-11-18/h3-7,10-11,14-17,20H,2,8-9,12-13H2,1H3. The summed E-state index contributed by atoms with van der Waals surface area (Å²) in [6.45, 7) is 2.28. The average Bonchev–Trinajstić information content (AvgIpc) is 2.67. The summed E-state index contributed by atoms with van der Waals surface area (Å²) in [6, 6.07) is 16.6. The van der Waals surface area contributed by atoms with E-state index in [1.165, 1.54) is 44.2 Å². The van der Waals surface area contributed by atoms with E-state index in [9.17, 15) is 4.39 Å². The highest BCUT2D eigenvalue weighted by molar-refractivity contribution is 6.02. The average molecular weight is 336 g/mol. The molecule has 3 rings (SSSR count). The van der Waals surface area contributed by atoms with Crippen molar-refractivity contribution in [3.63, 3.8) is 0 Å². The topological polar surface area (TPSA) is 24.7 Å². The summed E-state index contributed by atoms with van der Waals surface area (Å²) in [7, 11) is 0. The molecule has 0 spiro atoms. The fraction of sp³-hybridized carbons (Fsp3) is 0.364. The van der Waals surface area contributed by atoms with E-state index < -0.39 is 0 Å². The van der Waals surface area contributed by atoms with Crippen LogP contribution in [0.1, 0.15) is 50.2 Å². The molecule has 2 aromatic carbocycles. The quantitative estimate of drug-likeness (QED) is 0.482. The Hall–Kier alpha value is -2.29. The lowest BCUT2D eigenvalue weighted by Gasteiger charge is -2.28. The van der Waals surface area contributed by atoms with Crippen molar-refractivity contribution >= 4 is 11.9 Å². The normalized spacial score (nSPS) is 21.6. The van der Waals surface area contributed by atoms with Gasteiger partial charge in [0.2, 0.25) is 0 Å². The van der Waals surface area contributed by atoms with Crippen LogP contribution in [0.25, 0.3) is 0 Å². The molecule has 0 aliphatic heterocycles.